The van der Waals surface area contributed by atoms with E-state index in [1.807, 2.05) is 0 Å². The van der Waals surface area contributed by atoms with Gasteiger partial charge in [-0.05, 0) is 42.0 Å². The first kappa shape index (κ1) is 23.6. The topological polar surface area (TPSA) is 130 Å². The van der Waals surface area contributed by atoms with Crippen LogP contribution in [0.2, 0.25) is 0 Å². The van der Waals surface area contributed by atoms with E-state index in [1.54, 1.807) is 66.7 Å². The lowest BCUT2D eigenvalue weighted by Crippen LogP contribution is -2.17. The Hall–Kier alpha value is -4.54. The Labute approximate surface area is 201 Å². The van der Waals surface area contributed by atoms with Gasteiger partial charge in [0.2, 0.25) is 0 Å². The van der Waals surface area contributed by atoms with Gasteiger partial charge in [-0.1, -0.05) is 48.5 Å². The van der Waals surface area contributed by atoms with Crippen molar-refractivity contribution in [3.05, 3.63) is 108 Å². The first-order chi connectivity index (χ1) is 16.9. The molecule has 0 radical (unpaired) electrons. The highest BCUT2D eigenvalue weighted by Crippen LogP contribution is 2.25. The largest absolute Gasteiger partial charge is 0.288 e. The summed E-state index contributed by atoms with van der Waals surface area (Å²) in [7, 11) is -3.83. The molecule has 10 heteroatoms. The molecule has 0 aliphatic carbocycles. The SMILES string of the molecule is O=C(C=Cc1cccc(C(=O)NN=Cc2cn(S(=O)(=O)c3ccccc3)c3ccccc23)c1)NO. The summed E-state index contributed by atoms with van der Waals surface area (Å²) in [6.07, 6.45) is 5.40. The van der Waals surface area contributed by atoms with Crippen LogP contribution < -0.4 is 10.9 Å². The average Bonchev–Trinajstić information content (AvgIpc) is 3.27. The van der Waals surface area contributed by atoms with Crippen LogP contribution in [0, 0.1) is 0 Å². The van der Waals surface area contributed by atoms with E-state index in [2.05, 4.69) is 10.5 Å². The zero-order chi connectivity index (χ0) is 24.8. The monoisotopic (exact) mass is 488 g/mol. The molecule has 0 saturated carbocycles. The van der Waals surface area contributed by atoms with Crippen LogP contribution in [0.25, 0.3) is 17.0 Å². The minimum Gasteiger partial charge on any atom is -0.288 e. The number of nitrogens with zero attached hydrogens (tertiary/aromatic N) is 2. The van der Waals surface area contributed by atoms with Gasteiger partial charge in [0.05, 0.1) is 16.6 Å². The molecule has 0 fully saturated rings. The maximum Gasteiger partial charge on any atom is 0.271 e. The molecule has 0 spiro atoms. The Morgan fingerprint density at radius 3 is 2.46 bits per heavy atom. The van der Waals surface area contributed by atoms with Crippen molar-refractivity contribution in [2.75, 3.05) is 0 Å². The molecule has 3 N–H and O–H groups in total. The fourth-order valence-corrected chi connectivity index (χ4v) is 4.80. The third kappa shape index (κ3) is 5.18. The number of rotatable bonds is 7. The van der Waals surface area contributed by atoms with Gasteiger partial charge in [0.15, 0.2) is 0 Å². The smallest absolute Gasteiger partial charge is 0.271 e. The van der Waals surface area contributed by atoms with Crippen molar-refractivity contribution < 1.29 is 23.2 Å². The summed E-state index contributed by atoms with van der Waals surface area (Å²) >= 11 is 0. The van der Waals surface area contributed by atoms with Crippen molar-refractivity contribution in [3.63, 3.8) is 0 Å². The number of hydrogen-bond acceptors (Lipinski definition) is 6. The number of hydroxylamine groups is 1. The van der Waals surface area contributed by atoms with E-state index in [-0.39, 0.29) is 4.90 Å². The summed E-state index contributed by atoms with van der Waals surface area (Å²) in [5.41, 5.74) is 5.76. The van der Waals surface area contributed by atoms with Crippen LogP contribution in [0.5, 0.6) is 0 Å². The van der Waals surface area contributed by atoms with E-state index in [0.29, 0.717) is 27.6 Å². The lowest BCUT2D eigenvalue weighted by Gasteiger charge is -2.07. The van der Waals surface area contributed by atoms with Crippen LogP contribution in [0.15, 0.2) is 101 Å². The quantitative estimate of drug-likeness (QED) is 0.159. The summed E-state index contributed by atoms with van der Waals surface area (Å²) < 4.78 is 27.6. The molecular weight excluding hydrogens is 468 g/mol. The fraction of sp³-hybridized carbons (Fsp3) is 0. The molecule has 176 valence electrons. The highest BCUT2D eigenvalue weighted by molar-refractivity contribution is 7.90. The number of aromatic nitrogens is 1. The lowest BCUT2D eigenvalue weighted by molar-refractivity contribution is -0.124. The zero-order valence-electron chi connectivity index (χ0n) is 18.2. The molecule has 1 aromatic heterocycles. The maximum absolute atomic E-state index is 13.2. The van der Waals surface area contributed by atoms with Crippen LogP contribution in [-0.2, 0) is 14.8 Å². The third-order valence-corrected chi connectivity index (χ3v) is 6.75. The molecule has 35 heavy (non-hydrogen) atoms. The van der Waals surface area contributed by atoms with Gasteiger partial charge in [0, 0.05) is 28.8 Å². The number of benzene rings is 3. The highest BCUT2D eigenvalue weighted by atomic mass is 32.2. The Kier molecular flexibility index (Phi) is 6.86. The number of fused-ring (bicyclic) bond motifs is 1. The van der Waals surface area contributed by atoms with Gasteiger partial charge < -0.3 is 0 Å². The zero-order valence-corrected chi connectivity index (χ0v) is 19.0. The maximum atomic E-state index is 13.2. The van der Waals surface area contributed by atoms with E-state index in [4.69, 9.17) is 5.21 Å². The number of carbonyl (C=O) groups is 2. The summed E-state index contributed by atoms with van der Waals surface area (Å²) in [5, 5.41) is 13.2. The van der Waals surface area contributed by atoms with Crippen molar-refractivity contribution in [3.8, 4) is 0 Å². The van der Waals surface area contributed by atoms with E-state index in [1.165, 1.54) is 40.1 Å². The standard InChI is InChI=1S/C25H20N4O5S/c30-24(28-32)14-13-18-7-6-8-19(15-18)25(31)27-26-16-20-17-29(23-12-5-4-11-22(20)23)35(33,34)21-9-2-1-3-10-21/h1-17,32H,(H,27,31)(H,28,30). The highest BCUT2D eigenvalue weighted by Gasteiger charge is 2.20. The van der Waals surface area contributed by atoms with Crippen molar-refractivity contribution in [1.29, 1.82) is 0 Å². The van der Waals surface area contributed by atoms with E-state index in [0.717, 1.165) is 6.08 Å². The number of hydrogen-bond donors (Lipinski definition) is 3. The number of para-hydroxylation sites is 1. The molecule has 0 bridgehead atoms. The van der Waals surface area contributed by atoms with Gasteiger partial charge in [-0.25, -0.2) is 23.3 Å². The van der Waals surface area contributed by atoms with E-state index < -0.39 is 21.8 Å². The number of amides is 2. The molecule has 2 amide bonds. The Morgan fingerprint density at radius 1 is 0.943 bits per heavy atom. The first-order valence-electron chi connectivity index (χ1n) is 10.4. The molecule has 4 aromatic rings. The Morgan fingerprint density at radius 2 is 1.69 bits per heavy atom. The predicted molar refractivity (Wildman–Crippen MR) is 131 cm³/mol. The lowest BCUT2D eigenvalue weighted by atomic mass is 10.1. The Bertz CT molecular complexity index is 1560. The van der Waals surface area contributed by atoms with Crippen LogP contribution in [-0.4, -0.2) is 35.6 Å². The third-order valence-electron chi connectivity index (χ3n) is 5.06. The number of nitrogens with one attached hydrogen (secondary N) is 2. The molecule has 0 saturated heterocycles. The minimum atomic E-state index is -3.83. The van der Waals surface area contributed by atoms with Gasteiger partial charge in [-0.3, -0.25) is 14.8 Å². The summed E-state index contributed by atoms with van der Waals surface area (Å²) in [6, 6.07) is 21.5. The van der Waals surface area contributed by atoms with Gasteiger partial charge in [0.1, 0.15) is 0 Å². The normalized spacial score (nSPS) is 11.8. The van der Waals surface area contributed by atoms with Crippen LogP contribution in [0.1, 0.15) is 21.5 Å². The van der Waals surface area contributed by atoms with Crippen molar-refractivity contribution in [2.45, 2.75) is 4.90 Å². The molecular formula is C25H20N4O5S. The van der Waals surface area contributed by atoms with Crippen molar-refractivity contribution >= 4 is 45.0 Å². The predicted octanol–water partition coefficient (Wildman–Crippen LogP) is 3.16. The van der Waals surface area contributed by atoms with Crippen LogP contribution >= 0.6 is 0 Å². The van der Waals surface area contributed by atoms with Gasteiger partial charge in [-0.15, -0.1) is 0 Å². The van der Waals surface area contributed by atoms with Crippen molar-refractivity contribution in [2.24, 2.45) is 5.10 Å². The molecule has 4 rings (SSSR count). The van der Waals surface area contributed by atoms with E-state index >= 15 is 0 Å². The average molecular weight is 489 g/mol. The molecule has 0 atom stereocenters. The molecule has 0 aliphatic heterocycles. The second kappa shape index (κ2) is 10.2. The minimum absolute atomic E-state index is 0.156. The molecule has 9 nitrogen and oxygen atoms in total. The second-order valence-electron chi connectivity index (χ2n) is 7.35. The van der Waals surface area contributed by atoms with Crippen LogP contribution in [0.4, 0.5) is 0 Å². The second-order valence-corrected chi connectivity index (χ2v) is 9.16. The molecule has 0 aliphatic rings. The summed E-state index contributed by atoms with van der Waals surface area (Å²) in [5.74, 6) is -1.19. The first-order valence-corrected chi connectivity index (χ1v) is 11.8. The number of carbonyl (C=O) groups excluding carboxylic acids is 2. The van der Waals surface area contributed by atoms with Crippen molar-refractivity contribution in [1.82, 2.24) is 14.9 Å². The molecule has 1 heterocycles. The van der Waals surface area contributed by atoms with Gasteiger partial charge in [0.25, 0.3) is 21.8 Å². The van der Waals surface area contributed by atoms with E-state index in [9.17, 15) is 18.0 Å². The fourth-order valence-electron chi connectivity index (χ4n) is 3.40. The summed E-state index contributed by atoms with van der Waals surface area (Å²) in [4.78, 5) is 23.8. The van der Waals surface area contributed by atoms with Crippen LogP contribution in [0.3, 0.4) is 0 Å². The summed E-state index contributed by atoms with van der Waals surface area (Å²) in [6.45, 7) is 0. The number of hydrazone groups is 1. The molecule has 3 aromatic carbocycles. The van der Waals surface area contributed by atoms with Gasteiger partial charge in [-0.2, -0.15) is 5.10 Å². The Balaban J connectivity index is 1.58. The van der Waals surface area contributed by atoms with Gasteiger partial charge >= 0.3 is 0 Å². The molecule has 0 unspecified atom stereocenters.